The highest BCUT2D eigenvalue weighted by Crippen LogP contribution is 2.20. The zero-order chi connectivity index (χ0) is 16.5. The molecule has 0 saturated heterocycles. The van der Waals surface area contributed by atoms with Crippen LogP contribution in [-0.2, 0) is 4.79 Å². The molecule has 1 unspecified atom stereocenters. The van der Waals surface area contributed by atoms with Crippen LogP contribution < -0.4 is 11.1 Å². The van der Waals surface area contributed by atoms with Crippen molar-refractivity contribution in [2.24, 2.45) is 0 Å². The summed E-state index contributed by atoms with van der Waals surface area (Å²) in [5.74, 6) is 0.167. The second-order valence-electron chi connectivity index (χ2n) is 5.43. The van der Waals surface area contributed by atoms with Gasteiger partial charge in [0.15, 0.2) is 0 Å². The second kappa shape index (κ2) is 8.88. The molecule has 0 heterocycles. The normalized spacial score (nSPS) is 14.2. The molecule has 0 aromatic heterocycles. The Morgan fingerprint density at radius 1 is 1.18 bits per heavy atom. The molecule has 1 aromatic carbocycles. The third-order valence-electron chi connectivity index (χ3n) is 3.57. The predicted molar refractivity (Wildman–Crippen MR) is 94.4 cm³/mol. The predicted octanol–water partition coefficient (Wildman–Crippen LogP) is 4.30. The summed E-state index contributed by atoms with van der Waals surface area (Å²) < 4.78 is 0. The van der Waals surface area contributed by atoms with E-state index in [1.807, 2.05) is 76.3 Å². The Labute approximate surface area is 133 Å². The lowest BCUT2D eigenvalue weighted by Gasteiger charge is -2.12. The number of nitrogen functional groups attached to an aromatic ring is 1. The van der Waals surface area contributed by atoms with Crippen LogP contribution in [-0.4, -0.2) is 5.91 Å². The minimum Gasteiger partial charge on any atom is -0.399 e. The number of carbonyl (C=O) groups is 1. The van der Waals surface area contributed by atoms with E-state index in [0.717, 1.165) is 22.5 Å². The smallest absolute Gasteiger partial charge is 0.224 e. The number of nitrogens with one attached hydrogen (secondary N) is 1. The van der Waals surface area contributed by atoms with Crippen LogP contribution in [0.4, 0.5) is 5.69 Å². The second-order valence-corrected chi connectivity index (χ2v) is 5.43. The first kappa shape index (κ1) is 17.8. The molecule has 0 aliphatic heterocycles. The zero-order valence-corrected chi connectivity index (χ0v) is 13.9. The first-order valence-corrected chi connectivity index (χ1v) is 7.58. The van der Waals surface area contributed by atoms with Gasteiger partial charge in [-0.25, -0.2) is 0 Å². The molecule has 0 aliphatic rings. The van der Waals surface area contributed by atoms with Crippen LogP contribution >= 0.6 is 0 Å². The van der Waals surface area contributed by atoms with E-state index in [1.165, 1.54) is 0 Å². The quantitative estimate of drug-likeness (QED) is 0.607. The molecule has 0 bridgehead atoms. The highest BCUT2D eigenvalue weighted by Gasteiger charge is 2.11. The molecule has 0 fully saturated rings. The number of allylic oxidation sites excluding steroid dienone is 5. The Morgan fingerprint density at radius 2 is 1.82 bits per heavy atom. The lowest BCUT2D eigenvalue weighted by molar-refractivity contribution is -0.120. The number of rotatable bonds is 6. The van der Waals surface area contributed by atoms with Gasteiger partial charge in [0.25, 0.3) is 0 Å². The van der Waals surface area contributed by atoms with E-state index in [-0.39, 0.29) is 11.8 Å². The van der Waals surface area contributed by atoms with Crippen molar-refractivity contribution in [2.75, 3.05) is 5.73 Å². The van der Waals surface area contributed by atoms with Gasteiger partial charge in [0.1, 0.15) is 0 Å². The number of hydrogen-bond acceptors (Lipinski definition) is 2. The van der Waals surface area contributed by atoms with Crippen molar-refractivity contribution in [2.45, 2.75) is 40.0 Å². The third kappa shape index (κ3) is 6.00. The molecule has 3 heteroatoms. The first-order valence-electron chi connectivity index (χ1n) is 7.58. The van der Waals surface area contributed by atoms with Crippen molar-refractivity contribution in [3.63, 3.8) is 0 Å². The summed E-state index contributed by atoms with van der Waals surface area (Å²) in [5.41, 5.74) is 9.51. The molecule has 3 nitrogen and oxygen atoms in total. The van der Waals surface area contributed by atoms with Gasteiger partial charge in [-0.1, -0.05) is 42.9 Å². The van der Waals surface area contributed by atoms with Gasteiger partial charge in [-0.05, 0) is 50.5 Å². The maximum absolute atomic E-state index is 12.2. The minimum atomic E-state index is 0.0141. The Kier molecular flexibility index (Phi) is 7.17. The first-order chi connectivity index (χ1) is 10.5. The van der Waals surface area contributed by atoms with Crippen molar-refractivity contribution in [3.8, 4) is 0 Å². The average molecular weight is 298 g/mol. The summed E-state index contributed by atoms with van der Waals surface area (Å²) in [5, 5.41) is 2.94. The summed E-state index contributed by atoms with van der Waals surface area (Å²) >= 11 is 0. The fourth-order valence-corrected chi connectivity index (χ4v) is 1.96. The van der Waals surface area contributed by atoms with Gasteiger partial charge in [0, 0.05) is 17.8 Å². The molecule has 0 spiro atoms. The third-order valence-corrected chi connectivity index (χ3v) is 3.57. The number of carbonyl (C=O) groups excluding carboxylic acids is 1. The van der Waals surface area contributed by atoms with E-state index in [2.05, 4.69) is 5.32 Å². The zero-order valence-electron chi connectivity index (χ0n) is 13.9. The number of nitrogens with two attached hydrogens (primary N) is 1. The van der Waals surface area contributed by atoms with Gasteiger partial charge >= 0.3 is 0 Å². The molecule has 0 saturated carbocycles. The average Bonchev–Trinajstić information content (AvgIpc) is 2.51. The van der Waals surface area contributed by atoms with Crippen LogP contribution in [0.1, 0.15) is 45.6 Å². The van der Waals surface area contributed by atoms with Gasteiger partial charge < -0.3 is 11.1 Å². The summed E-state index contributed by atoms with van der Waals surface area (Å²) in [7, 11) is 0. The molecule has 1 aromatic rings. The monoisotopic (exact) mass is 298 g/mol. The van der Waals surface area contributed by atoms with Crippen molar-refractivity contribution in [3.05, 3.63) is 65.4 Å². The number of amides is 1. The van der Waals surface area contributed by atoms with Crippen LogP contribution in [0.3, 0.4) is 0 Å². The molecular weight excluding hydrogens is 272 g/mol. The van der Waals surface area contributed by atoms with E-state index in [1.54, 1.807) is 0 Å². The van der Waals surface area contributed by atoms with Gasteiger partial charge in [0.05, 0.1) is 0 Å². The molecular formula is C19H26N2O. The summed E-state index contributed by atoms with van der Waals surface area (Å²) in [6.45, 7) is 7.96. The molecule has 1 atom stereocenters. The van der Waals surface area contributed by atoms with Crippen LogP contribution in [0.25, 0.3) is 0 Å². The fourth-order valence-electron chi connectivity index (χ4n) is 1.96. The number of benzene rings is 1. The van der Waals surface area contributed by atoms with Gasteiger partial charge in [0.2, 0.25) is 5.91 Å². The molecule has 118 valence electrons. The molecule has 0 aliphatic carbocycles. The molecule has 1 amide bonds. The van der Waals surface area contributed by atoms with E-state index in [9.17, 15) is 4.79 Å². The number of anilines is 1. The van der Waals surface area contributed by atoms with Crippen LogP contribution in [0.15, 0.2) is 59.8 Å². The van der Waals surface area contributed by atoms with Crippen molar-refractivity contribution in [1.82, 2.24) is 5.32 Å². The molecule has 3 N–H and O–H groups in total. The Morgan fingerprint density at radius 3 is 2.36 bits per heavy atom. The SMILES string of the molecule is C\C=C(C)/C=C\C(=C/C)NC(=O)CC(C)c1ccc(N)cc1. The van der Waals surface area contributed by atoms with E-state index in [0.29, 0.717) is 6.42 Å². The van der Waals surface area contributed by atoms with Crippen molar-refractivity contribution >= 4 is 11.6 Å². The van der Waals surface area contributed by atoms with Crippen molar-refractivity contribution < 1.29 is 4.79 Å². The lowest BCUT2D eigenvalue weighted by Crippen LogP contribution is -2.23. The van der Waals surface area contributed by atoms with Crippen LogP contribution in [0.2, 0.25) is 0 Å². The Bertz CT molecular complexity index is 580. The topological polar surface area (TPSA) is 55.1 Å². The van der Waals surface area contributed by atoms with Crippen LogP contribution in [0, 0.1) is 0 Å². The highest BCUT2D eigenvalue weighted by molar-refractivity contribution is 5.79. The molecule has 22 heavy (non-hydrogen) atoms. The van der Waals surface area contributed by atoms with E-state index in [4.69, 9.17) is 5.73 Å². The van der Waals surface area contributed by atoms with Crippen LogP contribution in [0.5, 0.6) is 0 Å². The summed E-state index contributed by atoms with van der Waals surface area (Å²) in [6.07, 6.45) is 8.26. The molecule has 0 radical (unpaired) electrons. The summed E-state index contributed by atoms with van der Waals surface area (Å²) in [4.78, 5) is 12.2. The minimum absolute atomic E-state index is 0.0141. The van der Waals surface area contributed by atoms with E-state index < -0.39 is 0 Å². The largest absolute Gasteiger partial charge is 0.399 e. The Balaban J connectivity index is 2.61. The standard InChI is InChI=1S/C19H26N2O/c1-5-14(3)7-12-18(6-2)21-19(22)13-15(4)16-8-10-17(20)11-9-16/h5-12,15H,13,20H2,1-4H3,(H,21,22)/b12-7-,14-5-,18-6+. The fraction of sp³-hybridized carbons (Fsp3) is 0.316. The lowest BCUT2D eigenvalue weighted by atomic mass is 9.97. The number of hydrogen-bond donors (Lipinski definition) is 2. The summed E-state index contributed by atoms with van der Waals surface area (Å²) in [6, 6.07) is 7.67. The highest BCUT2D eigenvalue weighted by atomic mass is 16.1. The molecule has 1 rings (SSSR count). The van der Waals surface area contributed by atoms with Crippen molar-refractivity contribution in [1.29, 1.82) is 0 Å². The maximum Gasteiger partial charge on any atom is 0.224 e. The van der Waals surface area contributed by atoms with E-state index >= 15 is 0 Å². The van der Waals surface area contributed by atoms with Gasteiger partial charge in [-0.15, -0.1) is 0 Å². The Hall–Kier alpha value is -2.29. The maximum atomic E-state index is 12.2. The van der Waals surface area contributed by atoms with Gasteiger partial charge in [-0.3, -0.25) is 4.79 Å². The van der Waals surface area contributed by atoms with Gasteiger partial charge in [-0.2, -0.15) is 0 Å².